The fourth-order valence-electron chi connectivity index (χ4n) is 1.45. The zero-order valence-corrected chi connectivity index (χ0v) is 11.5. The van der Waals surface area contributed by atoms with Gasteiger partial charge in [0.15, 0.2) is 0 Å². The molecule has 0 spiro atoms. The predicted octanol–water partition coefficient (Wildman–Crippen LogP) is 1.28. The van der Waals surface area contributed by atoms with Crippen molar-refractivity contribution in [2.45, 2.75) is 6.42 Å². The molecule has 0 saturated carbocycles. The summed E-state index contributed by atoms with van der Waals surface area (Å²) in [5, 5.41) is 11.4. The van der Waals surface area contributed by atoms with E-state index in [1.165, 1.54) is 0 Å². The zero-order chi connectivity index (χ0) is 14.1. The number of hydrogen-bond acceptors (Lipinski definition) is 4. The molecule has 1 rings (SSSR count). The van der Waals surface area contributed by atoms with Gasteiger partial charge in [0.05, 0.1) is 11.6 Å². The van der Waals surface area contributed by atoms with Crippen molar-refractivity contribution in [3.8, 4) is 6.07 Å². The van der Waals surface area contributed by atoms with E-state index in [0.717, 1.165) is 0 Å². The topological polar surface area (TPSA) is 79.2 Å². The van der Waals surface area contributed by atoms with E-state index < -0.39 is 10.8 Å². The summed E-state index contributed by atoms with van der Waals surface area (Å²) in [7, 11) is 0.392. The first-order valence-electron chi connectivity index (χ1n) is 5.79. The van der Waals surface area contributed by atoms with Gasteiger partial charge in [0, 0.05) is 36.0 Å². The Balaban J connectivity index is 2.42. The fraction of sp³-hybridized carbons (Fsp3) is 0.385. The molecule has 1 unspecified atom stereocenters. The van der Waals surface area contributed by atoms with Crippen LogP contribution in [0.25, 0.3) is 0 Å². The average Bonchev–Trinajstić information content (AvgIpc) is 2.39. The highest BCUT2D eigenvalue weighted by Crippen LogP contribution is 2.09. The highest BCUT2D eigenvalue weighted by atomic mass is 32.2. The summed E-state index contributed by atoms with van der Waals surface area (Å²) < 4.78 is 16.4. The molecule has 1 aromatic carbocycles. The Labute approximate surface area is 115 Å². The Morgan fingerprint density at radius 3 is 3.00 bits per heavy atom. The molecular weight excluding hydrogens is 264 g/mol. The average molecular weight is 280 g/mol. The second-order valence-corrected chi connectivity index (χ2v) is 5.45. The number of benzene rings is 1. The van der Waals surface area contributed by atoms with Gasteiger partial charge in [0.25, 0.3) is 0 Å². The molecule has 102 valence electrons. The number of anilines is 1. The summed E-state index contributed by atoms with van der Waals surface area (Å²) in [5.74, 6) is 0.0887. The van der Waals surface area contributed by atoms with Crippen molar-refractivity contribution in [1.82, 2.24) is 0 Å². The fourth-order valence-corrected chi connectivity index (χ4v) is 2.39. The molecule has 0 heterocycles. The van der Waals surface area contributed by atoms with Gasteiger partial charge in [-0.25, -0.2) is 0 Å². The SMILES string of the molecule is COCCCS(=O)CC(=O)Nc1cccc(C#N)c1. The molecule has 6 heteroatoms. The number of nitriles is 1. The molecule has 0 fully saturated rings. The van der Waals surface area contributed by atoms with Gasteiger partial charge in [-0.1, -0.05) is 6.07 Å². The Bertz CT molecular complexity index is 497. The molecule has 0 aliphatic carbocycles. The van der Waals surface area contributed by atoms with Crippen molar-refractivity contribution in [2.75, 3.05) is 30.5 Å². The van der Waals surface area contributed by atoms with Crippen LogP contribution >= 0.6 is 0 Å². The van der Waals surface area contributed by atoms with E-state index in [0.29, 0.717) is 30.0 Å². The number of rotatable bonds is 7. The maximum atomic E-state index is 11.6. The Morgan fingerprint density at radius 2 is 2.32 bits per heavy atom. The Morgan fingerprint density at radius 1 is 1.53 bits per heavy atom. The van der Waals surface area contributed by atoms with Gasteiger partial charge in [-0.2, -0.15) is 5.26 Å². The van der Waals surface area contributed by atoms with Gasteiger partial charge in [-0.05, 0) is 24.6 Å². The summed E-state index contributed by atoms with van der Waals surface area (Å²) in [6, 6.07) is 8.59. The van der Waals surface area contributed by atoms with E-state index in [1.807, 2.05) is 6.07 Å². The van der Waals surface area contributed by atoms with E-state index in [-0.39, 0.29) is 11.7 Å². The normalized spacial score (nSPS) is 11.6. The van der Waals surface area contributed by atoms with Crippen molar-refractivity contribution in [3.63, 3.8) is 0 Å². The molecular formula is C13H16N2O3S. The molecule has 1 aromatic rings. The third-order valence-corrected chi connectivity index (χ3v) is 3.62. The van der Waals surface area contributed by atoms with Crippen LogP contribution in [0.5, 0.6) is 0 Å². The van der Waals surface area contributed by atoms with E-state index in [4.69, 9.17) is 10.00 Å². The Kier molecular flexibility index (Phi) is 6.79. The zero-order valence-electron chi connectivity index (χ0n) is 10.7. The highest BCUT2D eigenvalue weighted by molar-refractivity contribution is 7.85. The number of carbonyl (C=O) groups is 1. The molecule has 19 heavy (non-hydrogen) atoms. The molecule has 0 radical (unpaired) electrons. The lowest BCUT2D eigenvalue weighted by Gasteiger charge is -2.05. The summed E-state index contributed by atoms with van der Waals surface area (Å²) in [6.07, 6.45) is 0.667. The number of hydrogen-bond donors (Lipinski definition) is 1. The predicted molar refractivity (Wildman–Crippen MR) is 74.2 cm³/mol. The number of carbonyl (C=O) groups excluding carboxylic acids is 1. The lowest BCUT2D eigenvalue weighted by atomic mass is 10.2. The second kappa shape index (κ2) is 8.40. The molecule has 5 nitrogen and oxygen atoms in total. The second-order valence-electron chi connectivity index (χ2n) is 3.88. The monoisotopic (exact) mass is 280 g/mol. The van der Waals surface area contributed by atoms with Crippen LogP contribution in [-0.2, 0) is 20.3 Å². The van der Waals surface area contributed by atoms with Gasteiger partial charge >= 0.3 is 0 Å². The van der Waals surface area contributed by atoms with E-state index in [9.17, 15) is 9.00 Å². The first-order chi connectivity index (χ1) is 9.15. The van der Waals surface area contributed by atoms with Crippen LogP contribution in [-0.4, -0.2) is 35.3 Å². The van der Waals surface area contributed by atoms with Gasteiger partial charge < -0.3 is 10.1 Å². The third kappa shape index (κ3) is 6.13. The smallest absolute Gasteiger partial charge is 0.236 e. The summed E-state index contributed by atoms with van der Waals surface area (Å²) in [5.41, 5.74) is 1.01. The lowest BCUT2D eigenvalue weighted by Crippen LogP contribution is -2.21. The first kappa shape index (κ1) is 15.3. The minimum Gasteiger partial charge on any atom is -0.385 e. The summed E-state index contributed by atoms with van der Waals surface area (Å²) in [4.78, 5) is 11.6. The molecule has 1 atom stereocenters. The van der Waals surface area contributed by atoms with Crippen molar-refractivity contribution in [3.05, 3.63) is 29.8 Å². The molecule has 0 aromatic heterocycles. The molecule has 0 aliphatic rings. The van der Waals surface area contributed by atoms with Crippen LogP contribution < -0.4 is 5.32 Å². The molecule has 1 amide bonds. The minimum absolute atomic E-state index is 0.0412. The van der Waals surface area contributed by atoms with E-state index in [2.05, 4.69) is 5.32 Å². The van der Waals surface area contributed by atoms with Gasteiger partial charge in [0.2, 0.25) is 5.91 Å². The molecule has 0 bridgehead atoms. The lowest BCUT2D eigenvalue weighted by molar-refractivity contribution is -0.113. The Hall–Kier alpha value is -1.71. The van der Waals surface area contributed by atoms with Crippen LogP contribution in [0.2, 0.25) is 0 Å². The van der Waals surface area contributed by atoms with Gasteiger partial charge in [-0.15, -0.1) is 0 Å². The van der Waals surface area contributed by atoms with Crippen LogP contribution in [0.1, 0.15) is 12.0 Å². The van der Waals surface area contributed by atoms with Gasteiger partial charge in [0.1, 0.15) is 5.75 Å². The van der Waals surface area contributed by atoms with Crippen LogP contribution in [0.3, 0.4) is 0 Å². The van der Waals surface area contributed by atoms with Crippen LogP contribution in [0.15, 0.2) is 24.3 Å². The number of nitrogens with one attached hydrogen (secondary N) is 1. The van der Waals surface area contributed by atoms with Crippen molar-refractivity contribution in [2.24, 2.45) is 0 Å². The van der Waals surface area contributed by atoms with Crippen molar-refractivity contribution < 1.29 is 13.7 Å². The number of methoxy groups -OCH3 is 1. The largest absolute Gasteiger partial charge is 0.385 e. The number of ether oxygens (including phenoxy) is 1. The molecule has 0 saturated heterocycles. The highest BCUT2D eigenvalue weighted by Gasteiger charge is 2.08. The van der Waals surface area contributed by atoms with Crippen molar-refractivity contribution >= 4 is 22.4 Å². The standard InChI is InChI=1S/C13H16N2O3S/c1-18-6-3-7-19(17)10-13(16)15-12-5-2-4-11(8-12)9-14/h2,4-5,8H,3,6-7,10H2,1H3,(H,15,16). The molecule has 0 aliphatic heterocycles. The van der Waals surface area contributed by atoms with E-state index >= 15 is 0 Å². The third-order valence-electron chi connectivity index (χ3n) is 2.29. The van der Waals surface area contributed by atoms with Crippen LogP contribution in [0.4, 0.5) is 5.69 Å². The first-order valence-corrected chi connectivity index (χ1v) is 7.28. The van der Waals surface area contributed by atoms with Crippen LogP contribution in [0, 0.1) is 11.3 Å². The minimum atomic E-state index is -1.19. The van der Waals surface area contributed by atoms with E-state index in [1.54, 1.807) is 31.4 Å². The van der Waals surface area contributed by atoms with Crippen molar-refractivity contribution in [1.29, 1.82) is 5.26 Å². The molecule has 1 N–H and O–H groups in total. The summed E-state index contributed by atoms with van der Waals surface area (Å²) in [6.45, 7) is 0.539. The maximum absolute atomic E-state index is 11.6. The van der Waals surface area contributed by atoms with Gasteiger partial charge in [-0.3, -0.25) is 9.00 Å². The quantitative estimate of drug-likeness (QED) is 0.763. The summed E-state index contributed by atoms with van der Waals surface area (Å²) >= 11 is 0. The number of nitrogens with zero attached hydrogens (tertiary/aromatic N) is 1. The maximum Gasteiger partial charge on any atom is 0.236 e. The number of amides is 1.